The second-order valence-corrected chi connectivity index (χ2v) is 6.77. The lowest BCUT2D eigenvalue weighted by molar-refractivity contribution is -0.111. The third-order valence-electron chi connectivity index (χ3n) is 3.76. The molecule has 28 heavy (non-hydrogen) atoms. The number of amides is 2. The van der Waals surface area contributed by atoms with Crippen molar-refractivity contribution in [3.63, 3.8) is 0 Å². The number of nitrogens with zero attached hydrogens (tertiary/aromatic N) is 1. The Morgan fingerprint density at radius 1 is 1.04 bits per heavy atom. The quantitative estimate of drug-likeness (QED) is 0.701. The van der Waals surface area contributed by atoms with Crippen molar-refractivity contribution in [3.8, 4) is 11.5 Å². The van der Waals surface area contributed by atoms with E-state index in [1.54, 1.807) is 44.4 Å². The topological polar surface area (TPSA) is 67.9 Å². The van der Waals surface area contributed by atoms with E-state index >= 15 is 0 Å². The van der Waals surface area contributed by atoms with Gasteiger partial charge in [0.2, 0.25) is 5.91 Å². The maximum atomic E-state index is 12.2. The zero-order valence-corrected chi connectivity index (χ0v) is 17.4. The highest BCUT2D eigenvalue weighted by Gasteiger charge is 2.13. The number of hydrogen-bond donors (Lipinski definition) is 1. The van der Waals surface area contributed by atoms with Gasteiger partial charge in [-0.1, -0.05) is 23.2 Å². The summed E-state index contributed by atoms with van der Waals surface area (Å²) < 4.78 is 10.4. The number of methoxy groups -OCH3 is 2. The first-order valence-electron chi connectivity index (χ1n) is 8.18. The number of hydrogen-bond acceptors (Lipinski definition) is 4. The van der Waals surface area contributed by atoms with Crippen LogP contribution in [0, 0.1) is 0 Å². The molecule has 0 heterocycles. The number of benzene rings is 2. The van der Waals surface area contributed by atoms with E-state index < -0.39 is 0 Å². The van der Waals surface area contributed by atoms with Gasteiger partial charge in [-0.15, -0.1) is 0 Å². The molecule has 0 unspecified atom stereocenters. The van der Waals surface area contributed by atoms with Crippen LogP contribution >= 0.6 is 23.2 Å². The SMILES string of the molecule is COc1cc(/C=C/C(=O)Nc2ccc(C(=O)N(C)C)c(Cl)c2)cc(Cl)c1OC. The van der Waals surface area contributed by atoms with E-state index in [-0.39, 0.29) is 16.8 Å². The molecule has 2 rings (SSSR count). The van der Waals surface area contributed by atoms with Gasteiger partial charge in [-0.05, 0) is 42.0 Å². The van der Waals surface area contributed by atoms with Crippen LogP contribution in [0.3, 0.4) is 0 Å². The van der Waals surface area contributed by atoms with E-state index in [9.17, 15) is 9.59 Å². The smallest absolute Gasteiger partial charge is 0.254 e. The second-order valence-electron chi connectivity index (χ2n) is 5.96. The largest absolute Gasteiger partial charge is 0.493 e. The van der Waals surface area contributed by atoms with Gasteiger partial charge in [0.1, 0.15) is 0 Å². The molecule has 0 saturated heterocycles. The van der Waals surface area contributed by atoms with Crippen LogP contribution in [0.2, 0.25) is 10.0 Å². The minimum Gasteiger partial charge on any atom is -0.493 e. The number of ether oxygens (including phenoxy) is 2. The van der Waals surface area contributed by atoms with Crippen molar-refractivity contribution < 1.29 is 19.1 Å². The molecule has 2 aromatic carbocycles. The second kappa shape index (κ2) is 9.48. The number of carbonyl (C=O) groups excluding carboxylic acids is 2. The van der Waals surface area contributed by atoms with Gasteiger partial charge in [-0.25, -0.2) is 0 Å². The minimum absolute atomic E-state index is 0.215. The van der Waals surface area contributed by atoms with Crippen molar-refractivity contribution in [1.29, 1.82) is 0 Å². The summed E-state index contributed by atoms with van der Waals surface area (Å²) >= 11 is 12.3. The van der Waals surface area contributed by atoms with E-state index in [1.807, 2.05) is 0 Å². The predicted molar refractivity (Wildman–Crippen MR) is 112 cm³/mol. The van der Waals surface area contributed by atoms with Gasteiger partial charge in [-0.2, -0.15) is 0 Å². The van der Waals surface area contributed by atoms with Crippen LogP contribution in [0.15, 0.2) is 36.4 Å². The summed E-state index contributed by atoms with van der Waals surface area (Å²) in [5, 5.41) is 3.32. The van der Waals surface area contributed by atoms with Crippen molar-refractivity contribution in [2.45, 2.75) is 0 Å². The average Bonchev–Trinajstić information content (AvgIpc) is 2.65. The van der Waals surface area contributed by atoms with Gasteiger partial charge in [-0.3, -0.25) is 9.59 Å². The zero-order valence-electron chi connectivity index (χ0n) is 15.9. The van der Waals surface area contributed by atoms with Gasteiger partial charge in [0.05, 0.1) is 29.8 Å². The first-order valence-corrected chi connectivity index (χ1v) is 8.94. The van der Waals surface area contributed by atoms with Crippen molar-refractivity contribution in [3.05, 3.63) is 57.6 Å². The van der Waals surface area contributed by atoms with Gasteiger partial charge in [0.25, 0.3) is 5.91 Å². The Morgan fingerprint density at radius 3 is 2.32 bits per heavy atom. The number of anilines is 1. The first kappa shape index (κ1) is 21.6. The predicted octanol–water partition coefficient (Wildman–Crippen LogP) is 4.36. The third kappa shape index (κ3) is 5.18. The fourth-order valence-electron chi connectivity index (χ4n) is 2.40. The highest BCUT2D eigenvalue weighted by atomic mass is 35.5. The Bertz CT molecular complexity index is 927. The van der Waals surface area contributed by atoms with Gasteiger partial charge >= 0.3 is 0 Å². The fraction of sp³-hybridized carbons (Fsp3) is 0.200. The van der Waals surface area contributed by atoms with E-state index in [4.69, 9.17) is 32.7 Å². The lowest BCUT2D eigenvalue weighted by Gasteiger charge is -2.12. The summed E-state index contributed by atoms with van der Waals surface area (Å²) in [6.07, 6.45) is 2.94. The maximum absolute atomic E-state index is 12.2. The van der Waals surface area contributed by atoms with E-state index in [1.165, 1.54) is 31.3 Å². The fourth-order valence-corrected chi connectivity index (χ4v) is 2.95. The Hall–Kier alpha value is -2.70. The van der Waals surface area contributed by atoms with Gasteiger partial charge in [0, 0.05) is 25.9 Å². The molecular formula is C20H20Cl2N2O4. The molecule has 2 amide bonds. The van der Waals surface area contributed by atoms with E-state index in [2.05, 4.69) is 5.32 Å². The summed E-state index contributed by atoms with van der Waals surface area (Å²) in [5.41, 5.74) is 1.50. The number of carbonyl (C=O) groups is 2. The average molecular weight is 423 g/mol. The van der Waals surface area contributed by atoms with E-state index in [0.717, 1.165) is 0 Å². The number of halogens is 2. The Labute approximate surface area is 173 Å². The molecule has 2 aromatic rings. The lowest BCUT2D eigenvalue weighted by Crippen LogP contribution is -2.22. The van der Waals surface area contributed by atoms with Gasteiger partial charge < -0.3 is 19.7 Å². The summed E-state index contributed by atoms with van der Waals surface area (Å²) in [6.45, 7) is 0. The number of nitrogens with one attached hydrogen (secondary N) is 1. The first-order chi connectivity index (χ1) is 13.3. The molecule has 0 aliphatic rings. The van der Waals surface area contributed by atoms with Crippen LogP contribution in [-0.4, -0.2) is 45.0 Å². The highest BCUT2D eigenvalue weighted by molar-refractivity contribution is 6.34. The van der Waals surface area contributed by atoms with Crippen LogP contribution in [0.1, 0.15) is 15.9 Å². The van der Waals surface area contributed by atoms with Crippen molar-refractivity contribution >= 4 is 46.8 Å². The molecular weight excluding hydrogens is 403 g/mol. The summed E-state index contributed by atoms with van der Waals surface area (Å²) in [7, 11) is 6.27. The lowest BCUT2D eigenvalue weighted by atomic mass is 10.1. The summed E-state index contributed by atoms with van der Waals surface area (Å²) in [6, 6.07) is 8.06. The minimum atomic E-state index is -0.367. The molecule has 0 aliphatic heterocycles. The molecule has 148 valence electrons. The molecule has 0 aliphatic carbocycles. The maximum Gasteiger partial charge on any atom is 0.254 e. The summed E-state index contributed by atoms with van der Waals surface area (Å²) in [4.78, 5) is 25.6. The Balaban J connectivity index is 2.13. The monoisotopic (exact) mass is 422 g/mol. The molecule has 0 spiro atoms. The van der Waals surface area contributed by atoms with Crippen LogP contribution in [0.4, 0.5) is 5.69 Å². The Kier molecular flexibility index (Phi) is 7.31. The van der Waals surface area contributed by atoms with Crippen LogP contribution in [0.25, 0.3) is 6.08 Å². The zero-order chi connectivity index (χ0) is 20.8. The molecule has 0 bridgehead atoms. The number of rotatable bonds is 6. The van der Waals surface area contributed by atoms with Crippen molar-refractivity contribution in [2.75, 3.05) is 33.6 Å². The van der Waals surface area contributed by atoms with Crippen LogP contribution in [-0.2, 0) is 4.79 Å². The highest BCUT2D eigenvalue weighted by Crippen LogP contribution is 2.36. The molecule has 0 atom stereocenters. The van der Waals surface area contributed by atoms with Gasteiger partial charge in [0.15, 0.2) is 11.5 Å². The Morgan fingerprint density at radius 2 is 1.75 bits per heavy atom. The third-order valence-corrected chi connectivity index (χ3v) is 4.35. The molecule has 0 radical (unpaired) electrons. The van der Waals surface area contributed by atoms with Crippen LogP contribution < -0.4 is 14.8 Å². The standard InChI is InChI=1S/C20H20Cl2N2O4/c1-24(2)20(26)14-7-6-13(11-15(14)21)23-18(25)8-5-12-9-16(22)19(28-4)17(10-12)27-3/h5-11H,1-4H3,(H,23,25)/b8-5+. The molecule has 0 fully saturated rings. The van der Waals surface area contributed by atoms with E-state index in [0.29, 0.717) is 33.3 Å². The molecule has 1 N–H and O–H groups in total. The normalized spacial score (nSPS) is 10.6. The molecule has 0 saturated carbocycles. The molecule has 8 heteroatoms. The summed E-state index contributed by atoms with van der Waals surface area (Å²) in [5.74, 6) is 0.303. The van der Waals surface area contributed by atoms with Crippen LogP contribution in [0.5, 0.6) is 11.5 Å². The van der Waals surface area contributed by atoms with Crippen molar-refractivity contribution in [1.82, 2.24) is 4.90 Å². The molecule has 0 aromatic heterocycles. The molecule has 6 nitrogen and oxygen atoms in total. The van der Waals surface area contributed by atoms with Crippen molar-refractivity contribution in [2.24, 2.45) is 0 Å².